The van der Waals surface area contributed by atoms with E-state index in [4.69, 9.17) is 5.26 Å². The van der Waals surface area contributed by atoms with E-state index in [-0.39, 0.29) is 11.9 Å². The van der Waals surface area contributed by atoms with Gasteiger partial charge in [-0.3, -0.25) is 4.79 Å². The quantitative estimate of drug-likeness (QED) is 0.945. The number of carbonyl (C=O) groups excluding carboxylic acids is 1. The summed E-state index contributed by atoms with van der Waals surface area (Å²) in [7, 11) is 0. The Kier molecular flexibility index (Phi) is 3.80. The molecule has 0 radical (unpaired) electrons. The monoisotopic (exact) mass is 291 g/mol. The molecule has 0 saturated carbocycles. The van der Waals surface area contributed by atoms with Crippen LogP contribution in [0.2, 0.25) is 0 Å². The largest absolute Gasteiger partial charge is 0.374 e. The van der Waals surface area contributed by atoms with Crippen LogP contribution >= 0.6 is 0 Å². The zero-order valence-corrected chi connectivity index (χ0v) is 12.4. The number of nitriles is 1. The van der Waals surface area contributed by atoms with Gasteiger partial charge in [-0.25, -0.2) is 0 Å². The van der Waals surface area contributed by atoms with Crippen molar-refractivity contribution >= 4 is 17.3 Å². The van der Waals surface area contributed by atoms with Crippen molar-refractivity contribution in [3.05, 3.63) is 59.7 Å². The molecule has 110 valence electrons. The summed E-state index contributed by atoms with van der Waals surface area (Å²) in [5, 5.41) is 12.1. The second-order valence-electron chi connectivity index (χ2n) is 5.50. The molecule has 1 saturated heterocycles. The van der Waals surface area contributed by atoms with E-state index in [9.17, 15) is 4.79 Å². The average Bonchev–Trinajstić information content (AvgIpc) is 2.90. The SMILES string of the molecule is Cc1ccc(N2CCC(Nc3ccc(C#N)cc3)C2=O)cc1. The lowest BCUT2D eigenvalue weighted by atomic mass is 10.2. The third kappa shape index (κ3) is 2.79. The average molecular weight is 291 g/mol. The van der Waals surface area contributed by atoms with Crippen molar-refractivity contribution in [1.29, 1.82) is 5.26 Å². The summed E-state index contributed by atoms with van der Waals surface area (Å²) in [6.45, 7) is 2.75. The zero-order valence-electron chi connectivity index (χ0n) is 12.4. The lowest BCUT2D eigenvalue weighted by Crippen LogP contribution is -2.33. The number of carbonyl (C=O) groups is 1. The van der Waals surface area contributed by atoms with Crippen LogP contribution in [0.15, 0.2) is 48.5 Å². The number of benzene rings is 2. The van der Waals surface area contributed by atoms with Crippen molar-refractivity contribution in [2.75, 3.05) is 16.8 Å². The minimum Gasteiger partial charge on any atom is -0.374 e. The summed E-state index contributed by atoms with van der Waals surface area (Å²) in [5.74, 6) is 0.0909. The predicted molar refractivity (Wildman–Crippen MR) is 86.7 cm³/mol. The second kappa shape index (κ2) is 5.90. The van der Waals surface area contributed by atoms with Crippen LogP contribution in [0.25, 0.3) is 0 Å². The predicted octanol–water partition coefficient (Wildman–Crippen LogP) is 3.08. The Bertz CT molecular complexity index is 713. The Labute approximate surface area is 130 Å². The number of amides is 1. The minimum atomic E-state index is -0.214. The first-order valence-corrected chi connectivity index (χ1v) is 7.32. The Morgan fingerprint density at radius 2 is 1.82 bits per heavy atom. The van der Waals surface area contributed by atoms with Gasteiger partial charge in [0, 0.05) is 17.9 Å². The van der Waals surface area contributed by atoms with Crippen molar-refractivity contribution in [2.45, 2.75) is 19.4 Å². The molecule has 0 aliphatic carbocycles. The fourth-order valence-corrected chi connectivity index (χ4v) is 2.64. The number of rotatable bonds is 3. The molecular weight excluding hydrogens is 274 g/mol. The molecule has 1 aliphatic rings. The Morgan fingerprint density at radius 1 is 1.14 bits per heavy atom. The number of nitrogens with zero attached hydrogens (tertiary/aromatic N) is 2. The number of aryl methyl sites for hydroxylation is 1. The van der Waals surface area contributed by atoms with Gasteiger partial charge in [-0.2, -0.15) is 5.26 Å². The first-order valence-electron chi connectivity index (χ1n) is 7.32. The van der Waals surface area contributed by atoms with Gasteiger partial charge in [0.15, 0.2) is 0 Å². The third-order valence-corrected chi connectivity index (χ3v) is 3.91. The molecular formula is C18H17N3O. The second-order valence-corrected chi connectivity index (χ2v) is 5.50. The van der Waals surface area contributed by atoms with Crippen LogP contribution in [0.5, 0.6) is 0 Å². The highest BCUT2D eigenvalue weighted by molar-refractivity contribution is 6.01. The topological polar surface area (TPSA) is 56.1 Å². The molecule has 0 bridgehead atoms. The van der Waals surface area contributed by atoms with Gasteiger partial charge in [0.1, 0.15) is 6.04 Å². The highest BCUT2D eigenvalue weighted by atomic mass is 16.2. The van der Waals surface area contributed by atoms with Crippen LogP contribution in [0.4, 0.5) is 11.4 Å². The van der Waals surface area contributed by atoms with Crippen LogP contribution in [-0.2, 0) is 4.79 Å². The van der Waals surface area contributed by atoms with Gasteiger partial charge in [-0.1, -0.05) is 17.7 Å². The maximum atomic E-state index is 12.5. The highest BCUT2D eigenvalue weighted by Crippen LogP contribution is 2.24. The lowest BCUT2D eigenvalue weighted by Gasteiger charge is -2.18. The van der Waals surface area contributed by atoms with Crippen molar-refractivity contribution in [2.24, 2.45) is 0 Å². The van der Waals surface area contributed by atoms with Gasteiger partial charge >= 0.3 is 0 Å². The Hall–Kier alpha value is -2.80. The number of anilines is 2. The van der Waals surface area contributed by atoms with Crippen LogP contribution in [-0.4, -0.2) is 18.5 Å². The standard InChI is InChI=1S/C18H17N3O/c1-13-2-8-16(9-3-13)21-11-10-17(18(21)22)20-15-6-4-14(12-19)5-7-15/h2-9,17,20H,10-11H2,1H3. The normalized spacial score (nSPS) is 17.4. The maximum absolute atomic E-state index is 12.5. The minimum absolute atomic E-state index is 0.0909. The van der Waals surface area contributed by atoms with Gasteiger partial charge in [0.25, 0.3) is 0 Å². The van der Waals surface area contributed by atoms with E-state index in [2.05, 4.69) is 11.4 Å². The van der Waals surface area contributed by atoms with Gasteiger partial charge in [0.2, 0.25) is 5.91 Å². The Balaban J connectivity index is 1.70. The van der Waals surface area contributed by atoms with E-state index in [1.807, 2.05) is 48.2 Å². The summed E-state index contributed by atoms with van der Waals surface area (Å²) in [4.78, 5) is 14.3. The molecule has 2 aromatic rings. The van der Waals surface area contributed by atoms with Gasteiger partial charge < -0.3 is 10.2 Å². The van der Waals surface area contributed by atoms with Crippen molar-refractivity contribution in [1.82, 2.24) is 0 Å². The molecule has 1 amide bonds. The Morgan fingerprint density at radius 3 is 2.45 bits per heavy atom. The molecule has 3 rings (SSSR count). The van der Waals surface area contributed by atoms with Crippen LogP contribution < -0.4 is 10.2 Å². The van der Waals surface area contributed by atoms with Crippen LogP contribution in [0.1, 0.15) is 17.5 Å². The summed E-state index contributed by atoms with van der Waals surface area (Å²) in [6, 6.07) is 17.0. The van der Waals surface area contributed by atoms with Crippen LogP contribution in [0.3, 0.4) is 0 Å². The molecule has 0 spiro atoms. The number of hydrogen-bond acceptors (Lipinski definition) is 3. The molecule has 1 unspecified atom stereocenters. The van der Waals surface area contributed by atoms with E-state index < -0.39 is 0 Å². The fourth-order valence-electron chi connectivity index (χ4n) is 2.64. The maximum Gasteiger partial charge on any atom is 0.249 e. The summed E-state index contributed by atoms with van der Waals surface area (Å²) in [6.07, 6.45) is 0.771. The first kappa shape index (κ1) is 14.2. The van der Waals surface area contributed by atoms with Gasteiger partial charge in [0.05, 0.1) is 11.6 Å². The molecule has 1 fully saturated rings. The van der Waals surface area contributed by atoms with E-state index in [1.165, 1.54) is 5.56 Å². The van der Waals surface area contributed by atoms with Crippen molar-refractivity contribution in [3.63, 3.8) is 0 Å². The van der Waals surface area contributed by atoms with Gasteiger partial charge in [-0.15, -0.1) is 0 Å². The fraction of sp³-hybridized carbons (Fsp3) is 0.222. The van der Waals surface area contributed by atoms with E-state index >= 15 is 0 Å². The molecule has 2 aromatic carbocycles. The van der Waals surface area contributed by atoms with E-state index in [0.29, 0.717) is 5.56 Å². The summed E-state index contributed by atoms with van der Waals surface area (Å²) >= 11 is 0. The van der Waals surface area contributed by atoms with E-state index in [0.717, 1.165) is 24.3 Å². The number of nitrogens with one attached hydrogen (secondary N) is 1. The smallest absolute Gasteiger partial charge is 0.249 e. The van der Waals surface area contributed by atoms with Crippen molar-refractivity contribution in [3.8, 4) is 6.07 Å². The molecule has 0 aromatic heterocycles. The molecule has 4 heteroatoms. The third-order valence-electron chi connectivity index (χ3n) is 3.91. The van der Waals surface area contributed by atoms with Gasteiger partial charge in [-0.05, 0) is 49.7 Å². The highest BCUT2D eigenvalue weighted by Gasteiger charge is 2.32. The van der Waals surface area contributed by atoms with Crippen molar-refractivity contribution < 1.29 is 4.79 Å². The first-order chi connectivity index (χ1) is 10.7. The molecule has 1 heterocycles. The molecule has 22 heavy (non-hydrogen) atoms. The molecule has 1 N–H and O–H groups in total. The summed E-state index contributed by atoms with van der Waals surface area (Å²) < 4.78 is 0. The lowest BCUT2D eigenvalue weighted by molar-refractivity contribution is -0.117. The number of hydrogen-bond donors (Lipinski definition) is 1. The molecule has 1 aliphatic heterocycles. The zero-order chi connectivity index (χ0) is 15.5. The molecule has 1 atom stereocenters. The van der Waals surface area contributed by atoms with Crippen LogP contribution in [0, 0.1) is 18.3 Å². The van der Waals surface area contributed by atoms with E-state index in [1.54, 1.807) is 12.1 Å². The summed E-state index contributed by atoms with van der Waals surface area (Å²) in [5.41, 5.74) is 3.61. The molecule has 4 nitrogen and oxygen atoms in total.